The van der Waals surface area contributed by atoms with Crippen molar-refractivity contribution < 1.29 is 4.74 Å². The summed E-state index contributed by atoms with van der Waals surface area (Å²) in [6.07, 6.45) is 30.0. The Kier molecular flexibility index (Phi) is 18.0. The zero-order valence-electron chi connectivity index (χ0n) is 22.7. The number of allylic oxidation sites excluding steroid dienone is 2. The van der Waals surface area contributed by atoms with Gasteiger partial charge < -0.3 is 4.74 Å². The van der Waals surface area contributed by atoms with Gasteiger partial charge in [-0.25, -0.2) is 0 Å². The first-order valence-corrected chi connectivity index (χ1v) is 14.0. The van der Waals surface area contributed by atoms with Gasteiger partial charge in [-0.05, 0) is 69.1 Å². The van der Waals surface area contributed by atoms with Crippen LogP contribution in [0.2, 0.25) is 0 Å². The van der Waals surface area contributed by atoms with E-state index in [9.17, 15) is 0 Å². The molecule has 0 fully saturated rings. The van der Waals surface area contributed by atoms with Gasteiger partial charge in [-0.2, -0.15) is 0 Å². The fourth-order valence-corrected chi connectivity index (χ4v) is 4.48. The number of hydrogen-bond donors (Lipinski definition) is 0. The summed E-state index contributed by atoms with van der Waals surface area (Å²) in [6, 6.07) is 0. The van der Waals surface area contributed by atoms with Crippen LogP contribution in [0.25, 0.3) is 12.2 Å². The third kappa shape index (κ3) is 13.2. The van der Waals surface area contributed by atoms with Crippen LogP contribution in [-0.2, 0) is 11.2 Å². The minimum Gasteiger partial charge on any atom is -0.385 e. The first-order chi connectivity index (χ1) is 16.2. The summed E-state index contributed by atoms with van der Waals surface area (Å²) in [5, 5.41) is 0. The lowest BCUT2D eigenvalue weighted by atomic mass is 9.96. The molecule has 0 saturated heterocycles. The van der Waals surface area contributed by atoms with Gasteiger partial charge in [0.2, 0.25) is 0 Å². The number of ether oxygens (including phenoxy) is 1. The lowest BCUT2D eigenvalue weighted by Crippen LogP contribution is -2.04. The molecule has 0 bridgehead atoms. The van der Waals surface area contributed by atoms with E-state index in [1.54, 1.807) is 7.11 Å². The number of aromatic nitrogens is 1. The van der Waals surface area contributed by atoms with Crippen molar-refractivity contribution in [1.29, 1.82) is 0 Å². The number of pyridine rings is 1. The van der Waals surface area contributed by atoms with Crippen LogP contribution in [-0.4, -0.2) is 18.7 Å². The summed E-state index contributed by atoms with van der Waals surface area (Å²) >= 11 is 0. The van der Waals surface area contributed by atoms with Crippen molar-refractivity contribution in [1.82, 2.24) is 4.98 Å². The molecule has 0 aromatic carbocycles. The Hall–Kier alpha value is -1.41. The monoisotopic (exact) mass is 455 g/mol. The Bertz CT molecular complexity index is 674. The van der Waals surface area contributed by atoms with Crippen molar-refractivity contribution in [3.63, 3.8) is 0 Å². The zero-order chi connectivity index (χ0) is 24.2. The maximum Gasteiger partial charge on any atom is 0.0482 e. The second-order valence-corrected chi connectivity index (χ2v) is 9.61. The molecule has 1 rings (SSSR count). The van der Waals surface area contributed by atoms with E-state index >= 15 is 0 Å². The molecule has 0 amide bonds. The van der Waals surface area contributed by atoms with Gasteiger partial charge in [0.15, 0.2) is 0 Å². The maximum absolute atomic E-state index is 5.29. The molecule has 0 unspecified atom stereocenters. The summed E-state index contributed by atoms with van der Waals surface area (Å²) in [7, 11) is 1.78. The van der Waals surface area contributed by atoms with Gasteiger partial charge in [0.05, 0.1) is 0 Å². The van der Waals surface area contributed by atoms with Crippen LogP contribution >= 0.6 is 0 Å². The first kappa shape index (κ1) is 29.6. The molecule has 0 N–H and O–H groups in total. The summed E-state index contributed by atoms with van der Waals surface area (Å²) in [6.45, 7) is 9.80. The minimum atomic E-state index is 0.792. The van der Waals surface area contributed by atoms with Crippen molar-refractivity contribution in [3.05, 3.63) is 40.2 Å². The van der Waals surface area contributed by atoms with Gasteiger partial charge >= 0.3 is 0 Å². The molecule has 0 aliphatic carbocycles. The van der Waals surface area contributed by atoms with Crippen LogP contribution in [0.3, 0.4) is 0 Å². The Balaban J connectivity index is 2.77. The van der Waals surface area contributed by atoms with Crippen LogP contribution in [0.15, 0.2) is 12.2 Å². The lowest BCUT2D eigenvalue weighted by molar-refractivity contribution is 0.195. The third-order valence-electron chi connectivity index (χ3n) is 6.59. The molecule has 0 atom stereocenters. The zero-order valence-corrected chi connectivity index (χ0v) is 22.7. The van der Waals surface area contributed by atoms with Gasteiger partial charge in [-0.3, -0.25) is 4.98 Å². The van der Waals surface area contributed by atoms with Crippen molar-refractivity contribution >= 4 is 12.2 Å². The highest BCUT2D eigenvalue weighted by atomic mass is 16.5. The highest BCUT2D eigenvalue weighted by Gasteiger charge is 2.11. The van der Waals surface area contributed by atoms with Gasteiger partial charge in [0, 0.05) is 25.1 Å². The quantitative estimate of drug-likeness (QED) is 0.182. The SMILES string of the molecule is CCCCCCCC/C=C\c1c(CCCOC)nc(C)c(/C=C/CCCCCCCC)c1C. The van der Waals surface area contributed by atoms with E-state index in [1.165, 1.54) is 112 Å². The number of unbranched alkanes of at least 4 members (excludes halogenated alkanes) is 12. The Morgan fingerprint density at radius 3 is 1.73 bits per heavy atom. The fraction of sp³-hybridized carbons (Fsp3) is 0.710. The predicted octanol–water partition coefficient (Wildman–Crippen LogP) is 9.81. The van der Waals surface area contributed by atoms with Crippen molar-refractivity contribution in [3.8, 4) is 0 Å². The largest absolute Gasteiger partial charge is 0.385 e. The molecule has 33 heavy (non-hydrogen) atoms. The molecular formula is C31H53NO. The number of aryl methyl sites for hydroxylation is 2. The summed E-state index contributed by atoms with van der Waals surface area (Å²) in [5.41, 5.74) is 6.42. The molecule has 1 aromatic rings. The number of nitrogens with zero attached hydrogens (tertiary/aromatic N) is 1. The molecule has 188 valence electrons. The van der Waals surface area contributed by atoms with Crippen LogP contribution in [0, 0.1) is 13.8 Å². The highest BCUT2D eigenvalue weighted by Crippen LogP contribution is 2.25. The maximum atomic E-state index is 5.29. The van der Waals surface area contributed by atoms with E-state index in [2.05, 4.69) is 52.0 Å². The van der Waals surface area contributed by atoms with Crippen LogP contribution < -0.4 is 0 Å². The standard InChI is InChI=1S/C31H53NO/c1-6-8-10-12-14-16-18-20-23-29-27(3)30(24-21-19-17-15-13-11-9-7-2)31(32-28(29)4)25-22-26-33-5/h20-21,23-24H,6-19,22,25-26H2,1-5H3/b23-20+,24-21-. The molecule has 0 aliphatic heterocycles. The van der Waals surface area contributed by atoms with Crippen molar-refractivity contribution in [2.45, 2.75) is 130 Å². The van der Waals surface area contributed by atoms with Gasteiger partial charge in [-0.1, -0.05) is 102 Å². The molecule has 0 radical (unpaired) electrons. The average Bonchev–Trinajstić information content (AvgIpc) is 2.81. The van der Waals surface area contributed by atoms with E-state index in [4.69, 9.17) is 9.72 Å². The smallest absolute Gasteiger partial charge is 0.0482 e. The summed E-state index contributed by atoms with van der Waals surface area (Å²) in [5.74, 6) is 0. The molecule has 1 heterocycles. The van der Waals surface area contributed by atoms with Gasteiger partial charge in [0.1, 0.15) is 0 Å². The Morgan fingerprint density at radius 2 is 1.18 bits per heavy atom. The van der Waals surface area contributed by atoms with E-state index in [-0.39, 0.29) is 0 Å². The molecule has 0 aliphatic rings. The summed E-state index contributed by atoms with van der Waals surface area (Å²) < 4.78 is 5.29. The normalized spacial score (nSPS) is 11.9. The second-order valence-electron chi connectivity index (χ2n) is 9.61. The Morgan fingerprint density at radius 1 is 0.667 bits per heavy atom. The third-order valence-corrected chi connectivity index (χ3v) is 6.59. The molecule has 2 nitrogen and oxygen atoms in total. The molecule has 2 heteroatoms. The van der Waals surface area contributed by atoms with Gasteiger partial charge in [-0.15, -0.1) is 0 Å². The molecule has 0 spiro atoms. The van der Waals surface area contributed by atoms with E-state index in [0.717, 1.165) is 25.1 Å². The predicted molar refractivity (Wildman–Crippen MR) is 148 cm³/mol. The van der Waals surface area contributed by atoms with E-state index < -0.39 is 0 Å². The lowest BCUT2D eigenvalue weighted by Gasteiger charge is -2.14. The Labute approximate surface area is 206 Å². The number of hydrogen-bond acceptors (Lipinski definition) is 2. The fourth-order valence-electron chi connectivity index (χ4n) is 4.48. The van der Waals surface area contributed by atoms with E-state index in [0.29, 0.717) is 0 Å². The second kappa shape index (κ2) is 20.0. The van der Waals surface area contributed by atoms with Crippen molar-refractivity contribution in [2.24, 2.45) is 0 Å². The minimum absolute atomic E-state index is 0.792. The number of methoxy groups -OCH3 is 1. The van der Waals surface area contributed by atoms with E-state index in [1.807, 2.05) is 0 Å². The van der Waals surface area contributed by atoms with Crippen LogP contribution in [0.5, 0.6) is 0 Å². The van der Waals surface area contributed by atoms with Crippen LogP contribution in [0.4, 0.5) is 0 Å². The number of rotatable bonds is 20. The molecule has 1 aromatic heterocycles. The summed E-state index contributed by atoms with van der Waals surface area (Å²) in [4.78, 5) is 5.05. The highest BCUT2D eigenvalue weighted by molar-refractivity contribution is 5.66. The topological polar surface area (TPSA) is 22.1 Å². The van der Waals surface area contributed by atoms with Crippen LogP contribution in [0.1, 0.15) is 138 Å². The molecular weight excluding hydrogens is 402 g/mol. The average molecular weight is 456 g/mol. The first-order valence-electron chi connectivity index (χ1n) is 14.0. The van der Waals surface area contributed by atoms with Gasteiger partial charge in [0.25, 0.3) is 0 Å². The van der Waals surface area contributed by atoms with Crippen molar-refractivity contribution in [2.75, 3.05) is 13.7 Å². The molecule has 0 saturated carbocycles.